The van der Waals surface area contributed by atoms with E-state index in [-0.39, 0.29) is 12.3 Å². The van der Waals surface area contributed by atoms with Crippen LogP contribution in [0.1, 0.15) is 30.8 Å². The van der Waals surface area contributed by atoms with E-state index in [2.05, 4.69) is 29.5 Å². The highest BCUT2D eigenvalue weighted by Gasteiger charge is 2.15. The highest BCUT2D eigenvalue weighted by molar-refractivity contribution is 7.13. The van der Waals surface area contributed by atoms with Gasteiger partial charge < -0.3 is 15.4 Å². The van der Waals surface area contributed by atoms with Crippen LogP contribution in [0.25, 0.3) is 11.1 Å². The lowest BCUT2D eigenvalue weighted by atomic mass is 10.0. The molecule has 2 N–H and O–H groups in total. The Labute approximate surface area is 180 Å². The van der Waals surface area contributed by atoms with Crippen LogP contribution in [0.5, 0.6) is 0 Å². The average molecular weight is 424 g/mol. The molecule has 1 heterocycles. The summed E-state index contributed by atoms with van der Waals surface area (Å²) in [6.45, 7) is 4.71. The van der Waals surface area contributed by atoms with E-state index in [4.69, 9.17) is 4.74 Å². The molecule has 3 aromatic rings. The van der Waals surface area contributed by atoms with E-state index in [0.717, 1.165) is 24.1 Å². The number of thiazole rings is 1. The molecule has 156 valence electrons. The van der Waals surface area contributed by atoms with Crippen molar-refractivity contribution in [3.05, 3.63) is 65.7 Å². The predicted octanol–water partition coefficient (Wildman–Crippen LogP) is 5.06. The smallest absolute Gasteiger partial charge is 0.358 e. The third-order valence-corrected chi connectivity index (χ3v) is 5.13. The number of aromatic nitrogens is 1. The van der Waals surface area contributed by atoms with Crippen molar-refractivity contribution in [1.82, 2.24) is 4.98 Å². The van der Waals surface area contributed by atoms with E-state index in [1.807, 2.05) is 54.6 Å². The minimum absolute atomic E-state index is 0.199. The molecule has 0 atom stereocenters. The summed E-state index contributed by atoms with van der Waals surface area (Å²) in [7, 11) is 0. The molecule has 30 heavy (non-hydrogen) atoms. The summed E-state index contributed by atoms with van der Waals surface area (Å²) in [5.74, 6) is -0.431. The van der Waals surface area contributed by atoms with Gasteiger partial charge in [0.2, 0.25) is 0 Å². The Morgan fingerprint density at radius 2 is 1.80 bits per heavy atom. The highest BCUT2D eigenvalue weighted by Crippen LogP contribution is 2.27. The van der Waals surface area contributed by atoms with Crippen LogP contribution in [-0.2, 0) is 9.53 Å². The minimum atomic E-state index is -0.616. The Morgan fingerprint density at radius 3 is 2.57 bits per heavy atom. The first-order valence-electron chi connectivity index (χ1n) is 9.83. The molecule has 1 amide bonds. The lowest BCUT2D eigenvalue weighted by Gasteiger charge is -2.11. The van der Waals surface area contributed by atoms with E-state index in [1.165, 1.54) is 11.3 Å². The Kier molecular flexibility index (Phi) is 7.57. The molecule has 3 rings (SSSR count). The molecule has 0 bridgehead atoms. The van der Waals surface area contributed by atoms with Gasteiger partial charge >= 0.3 is 5.97 Å². The normalized spacial score (nSPS) is 10.6. The molecule has 0 aliphatic heterocycles. The van der Waals surface area contributed by atoms with Crippen molar-refractivity contribution < 1.29 is 14.3 Å². The standard InChI is InChI=1S/C23H25N3O3S/c1-16(2)12-13-24-23-26-20(15-30-23)22(28)29-14-21(27)25-19-11-7-6-10-18(19)17-8-4-3-5-9-17/h3-11,15-16H,12-14H2,1-2H3,(H,24,26)(H,25,27). The number of esters is 1. The first-order chi connectivity index (χ1) is 14.5. The van der Waals surface area contributed by atoms with Crippen LogP contribution < -0.4 is 10.6 Å². The monoisotopic (exact) mass is 423 g/mol. The largest absolute Gasteiger partial charge is 0.451 e. The number of nitrogens with one attached hydrogen (secondary N) is 2. The van der Waals surface area contributed by atoms with Gasteiger partial charge in [0.1, 0.15) is 0 Å². The van der Waals surface area contributed by atoms with E-state index in [0.29, 0.717) is 16.7 Å². The Bertz CT molecular complexity index is 986. The maximum absolute atomic E-state index is 12.3. The molecule has 0 radical (unpaired) electrons. The number of ether oxygens (including phenoxy) is 1. The third-order valence-electron chi connectivity index (χ3n) is 4.33. The summed E-state index contributed by atoms with van der Waals surface area (Å²) in [5, 5.41) is 8.30. The number of carbonyl (C=O) groups excluding carboxylic acids is 2. The number of anilines is 2. The molecule has 0 aliphatic rings. The number of nitrogens with zero attached hydrogens (tertiary/aromatic N) is 1. The predicted molar refractivity (Wildman–Crippen MR) is 121 cm³/mol. The van der Waals surface area contributed by atoms with Crippen LogP contribution >= 0.6 is 11.3 Å². The first-order valence-corrected chi connectivity index (χ1v) is 10.7. The Morgan fingerprint density at radius 1 is 1.07 bits per heavy atom. The van der Waals surface area contributed by atoms with Crippen molar-refractivity contribution in [1.29, 1.82) is 0 Å². The maximum atomic E-state index is 12.3. The number of benzene rings is 2. The van der Waals surface area contributed by atoms with Crippen molar-refractivity contribution >= 4 is 34.0 Å². The number of para-hydroxylation sites is 1. The zero-order chi connectivity index (χ0) is 21.3. The third kappa shape index (κ3) is 6.15. The van der Waals surface area contributed by atoms with Gasteiger partial charge in [-0.2, -0.15) is 0 Å². The second kappa shape index (κ2) is 10.5. The fraction of sp³-hybridized carbons (Fsp3) is 0.261. The molecule has 0 fully saturated rings. The number of hydrogen-bond acceptors (Lipinski definition) is 6. The zero-order valence-corrected chi connectivity index (χ0v) is 17.9. The fourth-order valence-corrected chi connectivity index (χ4v) is 3.48. The Balaban J connectivity index is 1.53. The van der Waals surface area contributed by atoms with Gasteiger partial charge in [-0.15, -0.1) is 11.3 Å². The molecule has 6 nitrogen and oxygen atoms in total. The summed E-state index contributed by atoms with van der Waals surface area (Å²) in [6.07, 6.45) is 1.02. The maximum Gasteiger partial charge on any atom is 0.358 e. The van der Waals surface area contributed by atoms with Crippen molar-refractivity contribution in [3.63, 3.8) is 0 Å². The minimum Gasteiger partial charge on any atom is -0.451 e. The lowest BCUT2D eigenvalue weighted by molar-refractivity contribution is -0.119. The van der Waals surface area contributed by atoms with Crippen LogP contribution in [-0.4, -0.2) is 30.0 Å². The SMILES string of the molecule is CC(C)CCNc1nc(C(=O)OCC(=O)Nc2ccccc2-c2ccccc2)cs1. The summed E-state index contributed by atoms with van der Waals surface area (Å²) in [4.78, 5) is 28.7. The van der Waals surface area contributed by atoms with Crippen molar-refractivity contribution in [2.75, 3.05) is 23.8 Å². The summed E-state index contributed by atoms with van der Waals surface area (Å²) < 4.78 is 5.13. The fourth-order valence-electron chi connectivity index (χ4n) is 2.77. The van der Waals surface area contributed by atoms with Gasteiger partial charge in [0, 0.05) is 23.2 Å². The summed E-state index contributed by atoms with van der Waals surface area (Å²) in [6, 6.07) is 17.3. The molecule has 1 aromatic heterocycles. The quantitative estimate of drug-likeness (QED) is 0.470. The molecule has 0 saturated heterocycles. The van der Waals surface area contributed by atoms with Gasteiger partial charge in [0.05, 0.1) is 0 Å². The molecule has 0 saturated carbocycles. The molecule has 0 spiro atoms. The molecule has 0 aliphatic carbocycles. The van der Waals surface area contributed by atoms with Gasteiger partial charge in [0.15, 0.2) is 17.4 Å². The van der Waals surface area contributed by atoms with Gasteiger partial charge in [-0.3, -0.25) is 4.79 Å². The molecular formula is C23H25N3O3S. The van der Waals surface area contributed by atoms with E-state index in [1.54, 1.807) is 5.38 Å². The molecule has 0 unspecified atom stereocenters. The number of amides is 1. The van der Waals surface area contributed by atoms with E-state index in [9.17, 15) is 9.59 Å². The zero-order valence-electron chi connectivity index (χ0n) is 17.1. The molecular weight excluding hydrogens is 398 g/mol. The lowest BCUT2D eigenvalue weighted by Crippen LogP contribution is -2.21. The number of carbonyl (C=O) groups is 2. The van der Waals surface area contributed by atoms with Crippen LogP contribution in [0.4, 0.5) is 10.8 Å². The molecule has 2 aromatic carbocycles. The number of hydrogen-bond donors (Lipinski definition) is 2. The van der Waals surface area contributed by atoms with Crippen LogP contribution in [0, 0.1) is 5.92 Å². The second-order valence-corrected chi connectivity index (χ2v) is 8.04. The number of rotatable bonds is 9. The van der Waals surface area contributed by atoms with Crippen LogP contribution in [0.3, 0.4) is 0 Å². The first kappa shape index (κ1) is 21.5. The second-order valence-electron chi connectivity index (χ2n) is 7.18. The highest BCUT2D eigenvalue weighted by atomic mass is 32.1. The van der Waals surface area contributed by atoms with Crippen molar-refractivity contribution in [3.8, 4) is 11.1 Å². The average Bonchev–Trinajstić information content (AvgIpc) is 3.22. The van der Waals surface area contributed by atoms with Gasteiger partial charge in [-0.1, -0.05) is 62.4 Å². The van der Waals surface area contributed by atoms with Gasteiger partial charge in [0.25, 0.3) is 5.91 Å². The van der Waals surface area contributed by atoms with Gasteiger partial charge in [-0.05, 0) is 24.0 Å². The van der Waals surface area contributed by atoms with Crippen molar-refractivity contribution in [2.45, 2.75) is 20.3 Å². The van der Waals surface area contributed by atoms with Crippen LogP contribution in [0.15, 0.2) is 60.0 Å². The van der Waals surface area contributed by atoms with Crippen molar-refractivity contribution in [2.24, 2.45) is 5.92 Å². The van der Waals surface area contributed by atoms with E-state index < -0.39 is 11.9 Å². The topological polar surface area (TPSA) is 80.3 Å². The van der Waals surface area contributed by atoms with E-state index >= 15 is 0 Å². The molecule has 7 heteroatoms. The van der Waals surface area contributed by atoms with Crippen LogP contribution in [0.2, 0.25) is 0 Å². The summed E-state index contributed by atoms with van der Waals surface area (Å²) in [5.41, 5.74) is 2.75. The Hall–Kier alpha value is -3.19. The van der Waals surface area contributed by atoms with Gasteiger partial charge in [-0.25, -0.2) is 9.78 Å². The summed E-state index contributed by atoms with van der Waals surface area (Å²) >= 11 is 1.34.